The third-order valence-electron chi connectivity index (χ3n) is 6.91. The number of hydrogen-bond donors (Lipinski definition) is 0. The summed E-state index contributed by atoms with van der Waals surface area (Å²) in [6, 6.07) is 21.0. The number of ether oxygens (including phenoxy) is 2. The van der Waals surface area contributed by atoms with Gasteiger partial charge in [-0.3, -0.25) is 0 Å². The lowest BCUT2D eigenvalue weighted by Crippen LogP contribution is -2.05. The molecule has 0 heterocycles. The standard InChI is InChI=1S/C34H44Br2O2/c1-3-5-7-9-11-19-25-37-33-29(27-21-15-13-16-22-27)32(36)34(38-26-20-12-10-8-6-4-2)30(31(33)35)28-23-17-14-18-24-28/h13-18,21-24H,3-12,19-20,25-26H2,1-2H3. The van der Waals surface area contributed by atoms with Gasteiger partial charge < -0.3 is 9.47 Å². The predicted octanol–water partition coefficient (Wildman–Crippen LogP) is 12.0. The lowest BCUT2D eigenvalue weighted by molar-refractivity contribution is 0.295. The van der Waals surface area contributed by atoms with E-state index in [1.165, 1.54) is 64.2 Å². The summed E-state index contributed by atoms with van der Waals surface area (Å²) in [6.45, 7) is 5.91. The van der Waals surface area contributed by atoms with Crippen LogP contribution >= 0.6 is 31.9 Å². The van der Waals surface area contributed by atoms with E-state index in [1.807, 2.05) is 0 Å². The van der Waals surface area contributed by atoms with E-state index in [0.717, 1.165) is 55.5 Å². The Morgan fingerprint density at radius 3 is 1.18 bits per heavy atom. The predicted molar refractivity (Wildman–Crippen MR) is 170 cm³/mol. The summed E-state index contributed by atoms with van der Waals surface area (Å²) in [5, 5.41) is 0. The molecule has 2 nitrogen and oxygen atoms in total. The van der Waals surface area contributed by atoms with Crippen molar-refractivity contribution >= 4 is 31.9 Å². The maximum Gasteiger partial charge on any atom is 0.143 e. The largest absolute Gasteiger partial charge is 0.492 e. The molecule has 0 spiro atoms. The van der Waals surface area contributed by atoms with Crippen molar-refractivity contribution in [2.45, 2.75) is 90.9 Å². The highest BCUT2D eigenvalue weighted by Gasteiger charge is 2.26. The zero-order valence-electron chi connectivity index (χ0n) is 23.2. The van der Waals surface area contributed by atoms with Crippen LogP contribution in [0.1, 0.15) is 90.9 Å². The van der Waals surface area contributed by atoms with Crippen LogP contribution in [0, 0.1) is 0 Å². The van der Waals surface area contributed by atoms with Gasteiger partial charge in [0.05, 0.1) is 22.2 Å². The molecule has 0 aromatic heterocycles. The van der Waals surface area contributed by atoms with Crippen LogP contribution in [0.3, 0.4) is 0 Å². The molecule has 0 radical (unpaired) electrons. The zero-order valence-corrected chi connectivity index (χ0v) is 26.4. The van der Waals surface area contributed by atoms with E-state index in [1.54, 1.807) is 0 Å². The highest BCUT2D eigenvalue weighted by Crippen LogP contribution is 2.53. The first-order valence-electron chi connectivity index (χ1n) is 14.6. The van der Waals surface area contributed by atoms with Crippen LogP contribution in [-0.2, 0) is 0 Å². The third kappa shape index (κ3) is 9.16. The maximum absolute atomic E-state index is 6.57. The molecule has 0 aliphatic carbocycles. The molecule has 0 aliphatic rings. The molecule has 0 saturated heterocycles. The molecule has 0 bridgehead atoms. The van der Waals surface area contributed by atoms with Crippen LogP contribution in [0.25, 0.3) is 22.3 Å². The first-order chi connectivity index (χ1) is 18.7. The molecular formula is C34H44Br2O2. The Hall–Kier alpha value is -1.78. The number of unbranched alkanes of at least 4 members (excludes halogenated alkanes) is 10. The highest BCUT2D eigenvalue weighted by atomic mass is 79.9. The second kappa shape index (κ2) is 17.7. The quantitative estimate of drug-likeness (QED) is 0.128. The summed E-state index contributed by atoms with van der Waals surface area (Å²) in [5.74, 6) is 1.75. The Morgan fingerprint density at radius 1 is 0.474 bits per heavy atom. The minimum Gasteiger partial charge on any atom is -0.492 e. The summed E-state index contributed by atoms with van der Waals surface area (Å²) in [7, 11) is 0. The average Bonchev–Trinajstić information content (AvgIpc) is 2.95. The molecule has 4 heteroatoms. The van der Waals surface area contributed by atoms with Gasteiger partial charge in [-0.2, -0.15) is 0 Å². The van der Waals surface area contributed by atoms with Crippen LogP contribution in [0.2, 0.25) is 0 Å². The molecule has 3 aromatic rings. The normalized spacial score (nSPS) is 11.1. The number of benzene rings is 3. The molecule has 0 fully saturated rings. The van der Waals surface area contributed by atoms with E-state index in [0.29, 0.717) is 13.2 Å². The van der Waals surface area contributed by atoms with Crippen molar-refractivity contribution in [3.8, 4) is 33.8 Å². The first kappa shape index (κ1) is 30.8. The second-order valence-corrected chi connectivity index (χ2v) is 11.6. The summed E-state index contributed by atoms with van der Waals surface area (Å²) < 4.78 is 15.1. The number of rotatable bonds is 18. The van der Waals surface area contributed by atoms with Crippen molar-refractivity contribution in [3.63, 3.8) is 0 Å². The van der Waals surface area contributed by atoms with Gasteiger partial charge in [-0.1, -0.05) is 139 Å². The van der Waals surface area contributed by atoms with Crippen LogP contribution in [0.4, 0.5) is 0 Å². The molecular weight excluding hydrogens is 600 g/mol. The fourth-order valence-electron chi connectivity index (χ4n) is 4.76. The van der Waals surface area contributed by atoms with Crippen molar-refractivity contribution in [3.05, 3.63) is 69.6 Å². The van der Waals surface area contributed by atoms with Crippen molar-refractivity contribution in [2.24, 2.45) is 0 Å². The number of halogens is 2. The third-order valence-corrected chi connectivity index (χ3v) is 8.42. The van der Waals surface area contributed by atoms with Gasteiger partial charge in [0.2, 0.25) is 0 Å². The fourth-order valence-corrected chi connectivity index (χ4v) is 6.20. The summed E-state index contributed by atoms with van der Waals surface area (Å²) in [6.07, 6.45) is 14.8. The molecule has 3 rings (SSSR count). The highest BCUT2D eigenvalue weighted by molar-refractivity contribution is 9.11. The van der Waals surface area contributed by atoms with Crippen molar-refractivity contribution in [2.75, 3.05) is 13.2 Å². The van der Waals surface area contributed by atoms with Gasteiger partial charge in [0.25, 0.3) is 0 Å². The SMILES string of the molecule is CCCCCCCCOc1c(Br)c(-c2ccccc2)c(OCCCCCCCC)c(Br)c1-c1ccccc1. The van der Waals surface area contributed by atoms with Gasteiger partial charge >= 0.3 is 0 Å². The Morgan fingerprint density at radius 2 is 0.816 bits per heavy atom. The van der Waals surface area contributed by atoms with E-state index < -0.39 is 0 Å². The summed E-state index contributed by atoms with van der Waals surface area (Å²) in [5.41, 5.74) is 4.31. The molecule has 0 saturated carbocycles. The van der Waals surface area contributed by atoms with E-state index in [2.05, 4.69) is 106 Å². The van der Waals surface area contributed by atoms with Crippen molar-refractivity contribution < 1.29 is 9.47 Å². The molecule has 3 aromatic carbocycles. The van der Waals surface area contributed by atoms with Crippen molar-refractivity contribution in [1.29, 1.82) is 0 Å². The minimum absolute atomic E-state index is 0.698. The van der Waals surface area contributed by atoms with E-state index in [4.69, 9.17) is 9.47 Å². The minimum atomic E-state index is 0.698. The molecule has 0 N–H and O–H groups in total. The molecule has 38 heavy (non-hydrogen) atoms. The van der Waals surface area contributed by atoms with Gasteiger partial charge in [0, 0.05) is 11.1 Å². The zero-order chi connectivity index (χ0) is 27.0. The maximum atomic E-state index is 6.57. The van der Waals surface area contributed by atoms with Crippen molar-refractivity contribution in [1.82, 2.24) is 0 Å². The van der Waals surface area contributed by atoms with Crippen LogP contribution < -0.4 is 9.47 Å². The summed E-state index contributed by atoms with van der Waals surface area (Å²) in [4.78, 5) is 0. The smallest absolute Gasteiger partial charge is 0.143 e. The monoisotopic (exact) mass is 642 g/mol. The van der Waals surface area contributed by atoms with E-state index in [9.17, 15) is 0 Å². The summed E-state index contributed by atoms with van der Waals surface area (Å²) >= 11 is 7.96. The molecule has 0 atom stereocenters. The Bertz CT molecular complexity index is 980. The molecule has 0 amide bonds. The van der Waals surface area contributed by atoms with Gasteiger partial charge in [0.1, 0.15) is 11.5 Å². The Labute approximate surface area is 247 Å². The van der Waals surface area contributed by atoms with Crippen LogP contribution in [-0.4, -0.2) is 13.2 Å². The Balaban J connectivity index is 1.93. The second-order valence-electron chi connectivity index (χ2n) is 10.0. The molecule has 206 valence electrons. The average molecular weight is 645 g/mol. The van der Waals surface area contributed by atoms with E-state index >= 15 is 0 Å². The lowest BCUT2D eigenvalue weighted by Gasteiger charge is -2.23. The molecule has 0 unspecified atom stereocenters. The fraction of sp³-hybridized carbons (Fsp3) is 0.471. The topological polar surface area (TPSA) is 18.5 Å². The van der Waals surface area contributed by atoms with Gasteiger partial charge in [-0.05, 0) is 55.8 Å². The molecule has 0 aliphatic heterocycles. The van der Waals surface area contributed by atoms with Gasteiger partial charge in [0.15, 0.2) is 0 Å². The number of hydrogen-bond acceptors (Lipinski definition) is 2. The first-order valence-corrected chi connectivity index (χ1v) is 16.2. The van der Waals surface area contributed by atoms with Gasteiger partial charge in [-0.25, -0.2) is 0 Å². The van der Waals surface area contributed by atoms with Crippen LogP contribution in [0.5, 0.6) is 11.5 Å². The lowest BCUT2D eigenvalue weighted by atomic mass is 9.97. The van der Waals surface area contributed by atoms with Crippen LogP contribution in [0.15, 0.2) is 69.6 Å². The Kier molecular flexibility index (Phi) is 14.4. The van der Waals surface area contributed by atoms with E-state index in [-0.39, 0.29) is 0 Å². The van der Waals surface area contributed by atoms with Gasteiger partial charge in [-0.15, -0.1) is 0 Å².